The average Bonchev–Trinajstić information content (AvgIpc) is 2.54. The highest BCUT2D eigenvalue weighted by molar-refractivity contribution is 9.10. The highest BCUT2D eigenvalue weighted by atomic mass is 79.9. The van der Waals surface area contributed by atoms with Crippen LogP contribution in [0.5, 0.6) is 5.75 Å². The summed E-state index contributed by atoms with van der Waals surface area (Å²) < 4.78 is 6.21. The van der Waals surface area contributed by atoms with Gasteiger partial charge in [-0.05, 0) is 75.4 Å². The van der Waals surface area contributed by atoms with Crippen molar-refractivity contribution in [1.29, 1.82) is 0 Å². The Morgan fingerprint density at radius 3 is 2.36 bits per heavy atom. The fraction of sp³-hybridized carbons (Fsp3) is 0.350. The van der Waals surface area contributed by atoms with E-state index < -0.39 is 0 Å². The number of halogens is 1. The standard InChI is InChI=1S/C20H25BrN2OS/c1-20(2,3)15-6-8-16(9-7-15)23-19(25)22-12-11-14-5-10-18(24-4)17(21)13-14/h5-10,13H,11-12H2,1-4H3,(H2,22,23,25). The van der Waals surface area contributed by atoms with Gasteiger partial charge in [0.2, 0.25) is 0 Å². The molecule has 2 N–H and O–H groups in total. The highest BCUT2D eigenvalue weighted by Gasteiger charge is 2.12. The SMILES string of the molecule is COc1ccc(CCNC(=S)Nc2ccc(C(C)(C)C)cc2)cc1Br. The van der Waals surface area contributed by atoms with Crippen LogP contribution >= 0.6 is 28.1 Å². The van der Waals surface area contributed by atoms with Crippen LogP contribution in [0.1, 0.15) is 31.9 Å². The summed E-state index contributed by atoms with van der Waals surface area (Å²) in [5.74, 6) is 0.840. The summed E-state index contributed by atoms with van der Waals surface area (Å²) in [5, 5.41) is 7.11. The van der Waals surface area contributed by atoms with Gasteiger partial charge in [0.25, 0.3) is 0 Å². The second-order valence-electron chi connectivity index (χ2n) is 6.93. The fourth-order valence-electron chi connectivity index (χ4n) is 2.41. The molecule has 0 spiro atoms. The maximum absolute atomic E-state index is 5.37. The van der Waals surface area contributed by atoms with Gasteiger partial charge < -0.3 is 15.4 Å². The summed E-state index contributed by atoms with van der Waals surface area (Å²) in [4.78, 5) is 0. The lowest BCUT2D eigenvalue weighted by Crippen LogP contribution is -2.30. The van der Waals surface area contributed by atoms with Gasteiger partial charge >= 0.3 is 0 Å². The molecule has 0 atom stereocenters. The number of anilines is 1. The molecule has 0 heterocycles. The lowest BCUT2D eigenvalue weighted by molar-refractivity contribution is 0.412. The van der Waals surface area contributed by atoms with E-state index in [4.69, 9.17) is 17.0 Å². The first-order chi connectivity index (χ1) is 11.8. The molecular formula is C20H25BrN2OS. The van der Waals surface area contributed by atoms with E-state index in [2.05, 4.69) is 83.7 Å². The van der Waals surface area contributed by atoms with Gasteiger partial charge in [0, 0.05) is 12.2 Å². The van der Waals surface area contributed by atoms with Gasteiger partial charge in [-0.2, -0.15) is 0 Å². The molecule has 134 valence electrons. The zero-order chi connectivity index (χ0) is 18.4. The van der Waals surface area contributed by atoms with E-state index in [0.717, 1.165) is 28.9 Å². The Hall–Kier alpha value is -1.59. The minimum Gasteiger partial charge on any atom is -0.496 e. The summed E-state index contributed by atoms with van der Waals surface area (Å²) in [7, 11) is 1.67. The van der Waals surface area contributed by atoms with Crippen molar-refractivity contribution in [2.24, 2.45) is 0 Å². The van der Waals surface area contributed by atoms with Gasteiger partial charge in [-0.25, -0.2) is 0 Å². The average molecular weight is 421 g/mol. The largest absolute Gasteiger partial charge is 0.496 e. The Morgan fingerprint density at radius 2 is 1.80 bits per heavy atom. The van der Waals surface area contributed by atoms with E-state index in [9.17, 15) is 0 Å². The van der Waals surface area contributed by atoms with Crippen LogP contribution in [0.25, 0.3) is 0 Å². The fourth-order valence-corrected chi connectivity index (χ4v) is 3.22. The highest BCUT2D eigenvalue weighted by Crippen LogP contribution is 2.25. The van der Waals surface area contributed by atoms with Crippen molar-refractivity contribution in [2.75, 3.05) is 19.0 Å². The predicted octanol–water partition coefficient (Wildman–Crippen LogP) is 5.28. The van der Waals surface area contributed by atoms with Crippen LogP contribution < -0.4 is 15.4 Å². The third kappa shape index (κ3) is 6.01. The van der Waals surface area contributed by atoms with Crippen molar-refractivity contribution < 1.29 is 4.74 Å². The molecule has 0 amide bonds. The number of thiocarbonyl (C=S) groups is 1. The third-order valence-electron chi connectivity index (χ3n) is 3.92. The molecule has 0 saturated heterocycles. The van der Waals surface area contributed by atoms with Gasteiger partial charge in [0.15, 0.2) is 5.11 Å². The molecule has 25 heavy (non-hydrogen) atoms. The van der Waals surface area contributed by atoms with Crippen LogP contribution in [0, 0.1) is 0 Å². The Balaban J connectivity index is 1.82. The first kappa shape index (κ1) is 19.7. The Bertz CT molecular complexity index is 723. The second kappa shape index (κ2) is 8.68. The molecule has 0 aliphatic heterocycles. The van der Waals surface area contributed by atoms with E-state index in [1.165, 1.54) is 11.1 Å². The molecule has 0 saturated carbocycles. The molecule has 2 rings (SSSR count). The van der Waals surface area contributed by atoms with Crippen LogP contribution in [-0.2, 0) is 11.8 Å². The van der Waals surface area contributed by atoms with Crippen molar-refractivity contribution in [3.63, 3.8) is 0 Å². The molecule has 0 aromatic heterocycles. The normalized spacial score (nSPS) is 11.1. The van der Waals surface area contributed by atoms with Gasteiger partial charge in [-0.15, -0.1) is 0 Å². The molecule has 2 aromatic carbocycles. The van der Waals surface area contributed by atoms with Crippen LogP contribution in [0.4, 0.5) is 5.69 Å². The van der Waals surface area contributed by atoms with E-state index in [1.54, 1.807) is 7.11 Å². The molecule has 0 unspecified atom stereocenters. The molecule has 0 fully saturated rings. The molecule has 0 bridgehead atoms. The van der Waals surface area contributed by atoms with Crippen LogP contribution in [0.3, 0.4) is 0 Å². The van der Waals surface area contributed by atoms with E-state index in [0.29, 0.717) is 5.11 Å². The molecule has 2 aromatic rings. The predicted molar refractivity (Wildman–Crippen MR) is 114 cm³/mol. The third-order valence-corrected chi connectivity index (χ3v) is 4.79. The van der Waals surface area contributed by atoms with Gasteiger partial charge in [-0.1, -0.05) is 39.0 Å². The number of methoxy groups -OCH3 is 1. The monoisotopic (exact) mass is 420 g/mol. The van der Waals surface area contributed by atoms with Crippen LogP contribution in [-0.4, -0.2) is 18.8 Å². The number of hydrogen-bond donors (Lipinski definition) is 2. The minimum absolute atomic E-state index is 0.157. The van der Waals surface area contributed by atoms with Gasteiger partial charge in [-0.3, -0.25) is 0 Å². The number of rotatable bonds is 5. The quantitative estimate of drug-likeness (QED) is 0.644. The molecule has 0 aliphatic rings. The van der Waals surface area contributed by atoms with E-state index >= 15 is 0 Å². The first-order valence-electron chi connectivity index (χ1n) is 8.27. The van der Waals surface area contributed by atoms with Crippen LogP contribution in [0.15, 0.2) is 46.9 Å². The number of benzene rings is 2. The zero-order valence-corrected chi connectivity index (χ0v) is 17.6. The van der Waals surface area contributed by atoms with Gasteiger partial charge in [0.1, 0.15) is 5.75 Å². The van der Waals surface area contributed by atoms with E-state index in [1.807, 2.05) is 6.07 Å². The first-order valence-corrected chi connectivity index (χ1v) is 9.47. The summed E-state index contributed by atoms with van der Waals surface area (Å²) in [5.41, 5.74) is 3.68. The Morgan fingerprint density at radius 1 is 1.12 bits per heavy atom. The lowest BCUT2D eigenvalue weighted by atomic mass is 9.87. The summed E-state index contributed by atoms with van der Waals surface area (Å²) >= 11 is 8.88. The van der Waals surface area contributed by atoms with Crippen molar-refractivity contribution in [3.05, 3.63) is 58.1 Å². The number of hydrogen-bond acceptors (Lipinski definition) is 2. The molecule has 5 heteroatoms. The Labute approximate surface area is 164 Å². The van der Waals surface area contributed by atoms with Crippen molar-refractivity contribution >= 4 is 38.9 Å². The second-order valence-corrected chi connectivity index (χ2v) is 8.19. The Kier molecular flexibility index (Phi) is 6.85. The summed E-state index contributed by atoms with van der Waals surface area (Å²) in [6, 6.07) is 14.5. The van der Waals surface area contributed by atoms with Crippen LogP contribution in [0.2, 0.25) is 0 Å². The van der Waals surface area contributed by atoms with Crippen molar-refractivity contribution in [1.82, 2.24) is 5.32 Å². The summed E-state index contributed by atoms with van der Waals surface area (Å²) in [6.07, 6.45) is 0.882. The molecule has 0 radical (unpaired) electrons. The minimum atomic E-state index is 0.157. The van der Waals surface area contributed by atoms with Gasteiger partial charge in [0.05, 0.1) is 11.6 Å². The molecule has 3 nitrogen and oxygen atoms in total. The number of nitrogens with one attached hydrogen (secondary N) is 2. The number of ether oxygens (including phenoxy) is 1. The maximum Gasteiger partial charge on any atom is 0.170 e. The smallest absolute Gasteiger partial charge is 0.170 e. The van der Waals surface area contributed by atoms with Crippen molar-refractivity contribution in [2.45, 2.75) is 32.6 Å². The topological polar surface area (TPSA) is 33.3 Å². The maximum atomic E-state index is 5.37. The molecule has 0 aliphatic carbocycles. The lowest BCUT2D eigenvalue weighted by Gasteiger charge is -2.19. The zero-order valence-electron chi connectivity index (χ0n) is 15.2. The molecular weight excluding hydrogens is 396 g/mol. The van der Waals surface area contributed by atoms with E-state index in [-0.39, 0.29) is 5.41 Å². The van der Waals surface area contributed by atoms with Crippen molar-refractivity contribution in [3.8, 4) is 5.75 Å². The summed E-state index contributed by atoms with van der Waals surface area (Å²) in [6.45, 7) is 7.39.